The predicted octanol–water partition coefficient (Wildman–Crippen LogP) is 7.07. The molecule has 0 aromatic heterocycles. The molecule has 6 heteroatoms. The molecule has 0 saturated carbocycles. The molecule has 0 N–H and O–H groups in total. The molecular weight excluding hydrogens is 399 g/mol. The first-order valence-electron chi connectivity index (χ1n) is 10.1. The van der Waals surface area contributed by atoms with Crippen molar-refractivity contribution in [1.29, 1.82) is 0 Å². The minimum atomic E-state index is -1.82. The van der Waals surface area contributed by atoms with Crippen LogP contribution in [0.25, 0.3) is 0 Å². The summed E-state index contributed by atoms with van der Waals surface area (Å²) in [4.78, 5) is 0. The van der Waals surface area contributed by atoms with E-state index in [9.17, 15) is 0 Å². The zero-order valence-electron chi connectivity index (χ0n) is 18.6. The van der Waals surface area contributed by atoms with Gasteiger partial charge in [-0.05, 0) is 36.2 Å². The molecule has 0 saturated heterocycles. The van der Waals surface area contributed by atoms with Crippen molar-refractivity contribution in [3.63, 3.8) is 0 Å². The second kappa shape index (κ2) is 11.4. The van der Waals surface area contributed by atoms with E-state index in [1.807, 2.05) is 67.6 Å². The Balaban J connectivity index is 1.92. The molecule has 160 valence electrons. The summed E-state index contributed by atoms with van der Waals surface area (Å²) in [6, 6.07) is 20.1. The van der Waals surface area contributed by atoms with Crippen molar-refractivity contribution in [3.05, 3.63) is 71.8 Å². The van der Waals surface area contributed by atoms with Gasteiger partial charge in [0.05, 0.1) is 25.9 Å². The second-order valence-electron chi connectivity index (χ2n) is 8.73. The third-order valence-electron chi connectivity index (χ3n) is 5.11. The molecule has 0 aliphatic carbocycles. The highest BCUT2D eigenvalue weighted by atomic mass is 31.2. The molecular formula is C23H35O4PSi. The summed E-state index contributed by atoms with van der Waals surface area (Å²) in [5.74, 6) is 0. The molecule has 2 aromatic rings. The molecule has 1 atom stereocenters. The van der Waals surface area contributed by atoms with Crippen LogP contribution in [-0.2, 0) is 31.2 Å². The van der Waals surface area contributed by atoms with Crippen LogP contribution in [0.15, 0.2) is 60.7 Å². The molecule has 0 amide bonds. The van der Waals surface area contributed by atoms with Crippen LogP contribution < -0.4 is 0 Å². The lowest BCUT2D eigenvalue weighted by Crippen LogP contribution is -2.42. The van der Waals surface area contributed by atoms with Crippen LogP contribution in [0.1, 0.15) is 38.8 Å². The van der Waals surface area contributed by atoms with Crippen molar-refractivity contribution in [2.45, 2.75) is 65.1 Å². The molecule has 0 fully saturated rings. The minimum Gasteiger partial charge on any atom is -0.414 e. The summed E-state index contributed by atoms with van der Waals surface area (Å²) < 4.78 is 24.4. The first kappa shape index (κ1) is 24.2. The van der Waals surface area contributed by atoms with Crippen LogP contribution in [0, 0.1) is 0 Å². The van der Waals surface area contributed by atoms with E-state index >= 15 is 0 Å². The van der Waals surface area contributed by atoms with Gasteiger partial charge in [-0.15, -0.1) is 0 Å². The zero-order chi connectivity index (χ0) is 21.3. The van der Waals surface area contributed by atoms with Crippen molar-refractivity contribution in [2.24, 2.45) is 0 Å². The summed E-state index contributed by atoms with van der Waals surface area (Å²) >= 11 is 0. The van der Waals surface area contributed by atoms with Gasteiger partial charge in [-0.2, -0.15) is 0 Å². The third-order valence-corrected chi connectivity index (χ3v) is 10.8. The molecule has 0 unspecified atom stereocenters. The van der Waals surface area contributed by atoms with Crippen LogP contribution in [0.5, 0.6) is 0 Å². The fourth-order valence-electron chi connectivity index (χ4n) is 2.22. The van der Waals surface area contributed by atoms with E-state index in [1.165, 1.54) is 0 Å². The van der Waals surface area contributed by atoms with Crippen LogP contribution in [-0.4, -0.2) is 21.0 Å². The minimum absolute atomic E-state index is 0.109. The summed E-state index contributed by atoms with van der Waals surface area (Å²) in [7, 11) is -3.30. The Morgan fingerprint density at radius 1 is 0.828 bits per heavy atom. The average Bonchev–Trinajstić information content (AvgIpc) is 2.69. The maximum Gasteiger partial charge on any atom is 0.333 e. The van der Waals surface area contributed by atoms with Gasteiger partial charge < -0.3 is 18.0 Å². The lowest BCUT2D eigenvalue weighted by Gasteiger charge is -2.37. The fraction of sp³-hybridized carbons (Fsp3) is 0.478. The second-order valence-corrected chi connectivity index (χ2v) is 14.7. The first-order valence-corrected chi connectivity index (χ1v) is 14.1. The van der Waals surface area contributed by atoms with E-state index < -0.39 is 16.9 Å². The molecule has 0 spiro atoms. The average molecular weight is 435 g/mol. The summed E-state index contributed by atoms with van der Waals surface area (Å²) in [5, 5.41) is 0.172. The first-order chi connectivity index (χ1) is 13.7. The predicted molar refractivity (Wildman–Crippen MR) is 123 cm³/mol. The van der Waals surface area contributed by atoms with E-state index in [0.29, 0.717) is 19.8 Å². The van der Waals surface area contributed by atoms with Crippen molar-refractivity contribution >= 4 is 16.9 Å². The number of rotatable bonds is 11. The standard InChI is InChI=1S/C23H35O4PSi/c1-20(17-26-29(5,6)23(2,3)4)27-28(24-18-21-13-9-7-10-14-21)25-19-22-15-11-8-12-16-22/h7-16,20H,17-19H2,1-6H3/t20-/m0/s1. The van der Waals surface area contributed by atoms with E-state index in [2.05, 4.69) is 33.9 Å². The monoisotopic (exact) mass is 434 g/mol. The van der Waals surface area contributed by atoms with Crippen LogP contribution in [0.2, 0.25) is 18.1 Å². The van der Waals surface area contributed by atoms with Gasteiger partial charge >= 0.3 is 8.60 Å². The van der Waals surface area contributed by atoms with E-state index in [1.54, 1.807) is 0 Å². The van der Waals surface area contributed by atoms with Gasteiger partial charge in [-0.3, -0.25) is 0 Å². The van der Waals surface area contributed by atoms with Crippen molar-refractivity contribution in [1.82, 2.24) is 0 Å². The Morgan fingerprint density at radius 3 is 1.69 bits per heavy atom. The third kappa shape index (κ3) is 8.67. The Labute approximate surface area is 178 Å². The lowest BCUT2D eigenvalue weighted by molar-refractivity contribution is 0.0838. The topological polar surface area (TPSA) is 36.9 Å². The van der Waals surface area contributed by atoms with Gasteiger partial charge in [-0.25, -0.2) is 0 Å². The summed E-state index contributed by atoms with van der Waals surface area (Å²) in [5.41, 5.74) is 2.19. The van der Waals surface area contributed by atoms with Crippen molar-refractivity contribution in [2.75, 3.05) is 6.61 Å². The van der Waals surface area contributed by atoms with Gasteiger partial charge in [0.25, 0.3) is 0 Å². The molecule has 2 aromatic carbocycles. The highest BCUT2D eigenvalue weighted by molar-refractivity contribution is 7.41. The molecule has 0 heterocycles. The molecule has 0 aliphatic rings. The smallest absolute Gasteiger partial charge is 0.333 e. The molecule has 0 bridgehead atoms. The zero-order valence-corrected chi connectivity index (χ0v) is 20.4. The van der Waals surface area contributed by atoms with Gasteiger partial charge in [0.1, 0.15) is 0 Å². The highest BCUT2D eigenvalue weighted by Crippen LogP contribution is 2.43. The van der Waals surface area contributed by atoms with Crippen LogP contribution >= 0.6 is 8.60 Å². The van der Waals surface area contributed by atoms with E-state index in [0.717, 1.165) is 11.1 Å². The van der Waals surface area contributed by atoms with Crippen molar-refractivity contribution < 1.29 is 18.0 Å². The Kier molecular flexibility index (Phi) is 9.47. The van der Waals surface area contributed by atoms with Gasteiger partial charge in [-0.1, -0.05) is 81.4 Å². The van der Waals surface area contributed by atoms with Crippen LogP contribution in [0.4, 0.5) is 0 Å². The quantitative estimate of drug-likeness (QED) is 0.280. The molecule has 0 aliphatic heterocycles. The van der Waals surface area contributed by atoms with Gasteiger partial charge in [0.15, 0.2) is 8.32 Å². The van der Waals surface area contributed by atoms with E-state index in [4.69, 9.17) is 18.0 Å². The molecule has 2 rings (SSSR count). The Morgan fingerprint density at radius 2 is 1.28 bits per heavy atom. The normalized spacial score (nSPS) is 13.6. The SMILES string of the molecule is C[C@@H](CO[Si](C)(C)C(C)(C)C)OP(OCc1ccccc1)OCc1ccccc1. The maximum absolute atomic E-state index is 6.30. The maximum atomic E-state index is 6.30. The fourth-order valence-corrected chi connectivity index (χ4v) is 4.36. The van der Waals surface area contributed by atoms with E-state index in [-0.39, 0.29) is 11.1 Å². The molecule has 4 nitrogen and oxygen atoms in total. The lowest BCUT2D eigenvalue weighted by atomic mass is 10.2. The molecule has 29 heavy (non-hydrogen) atoms. The Bertz CT molecular complexity index is 660. The van der Waals surface area contributed by atoms with Crippen molar-refractivity contribution in [3.8, 4) is 0 Å². The number of hydrogen-bond donors (Lipinski definition) is 0. The summed E-state index contributed by atoms with van der Waals surface area (Å²) in [6.45, 7) is 14.7. The highest BCUT2D eigenvalue weighted by Gasteiger charge is 2.37. The van der Waals surface area contributed by atoms with Crippen LogP contribution in [0.3, 0.4) is 0 Å². The van der Waals surface area contributed by atoms with Gasteiger partial charge in [0, 0.05) is 0 Å². The summed E-state index contributed by atoms with van der Waals surface area (Å²) in [6.07, 6.45) is -0.109. The number of benzene rings is 2. The van der Waals surface area contributed by atoms with Gasteiger partial charge in [0.2, 0.25) is 0 Å². The largest absolute Gasteiger partial charge is 0.414 e. The Hall–Kier alpha value is -1.07. The molecule has 0 radical (unpaired) electrons. The number of hydrogen-bond acceptors (Lipinski definition) is 4.